The van der Waals surface area contributed by atoms with Crippen molar-refractivity contribution in [3.05, 3.63) is 42.2 Å². The van der Waals surface area contributed by atoms with Crippen molar-refractivity contribution in [3.8, 4) is 17.1 Å². The van der Waals surface area contributed by atoms with Gasteiger partial charge in [0.2, 0.25) is 0 Å². The van der Waals surface area contributed by atoms with Gasteiger partial charge >= 0.3 is 0 Å². The highest BCUT2D eigenvalue weighted by atomic mass is 28.3. The number of pyridine rings is 2. The molecule has 2 heterocycles. The molecular weight excluding hydrogens is 352 g/mol. The fourth-order valence-electron chi connectivity index (χ4n) is 3.17. The fourth-order valence-corrected chi connectivity index (χ4v) is 7.83. The summed E-state index contributed by atoms with van der Waals surface area (Å²) in [7, 11) is -0.0391. The summed E-state index contributed by atoms with van der Waals surface area (Å²) in [6, 6.07) is 7.01. The Kier molecular flexibility index (Phi) is 7.35. The second kappa shape index (κ2) is 9.28. The third-order valence-electron chi connectivity index (χ3n) is 4.25. The maximum Gasteiger partial charge on any atom is 0.133 e. The molecule has 0 bridgehead atoms. The maximum absolute atomic E-state index is 9.56. The van der Waals surface area contributed by atoms with E-state index >= 15 is 0 Å². The predicted molar refractivity (Wildman–Crippen MR) is 114 cm³/mol. The van der Waals surface area contributed by atoms with Crippen LogP contribution >= 0.6 is 0 Å². The lowest BCUT2D eigenvalue weighted by atomic mass is 10.2. The molecule has 3 nitrogen and oxygen atoms in total. The van der Waals surface area contributed by atoms with Crippen LogP contribution < -0.4 is 10.4 Å². The number of hydrogen-bond donors (Lipinski definition) is 1. The summed E-state index contributed by atoms with van der Waals surface area (Å²) in [4.78, 5) is 9.25. The first kappa shape index (κ1) is 20.6. The smallest absolute Gasteiger partial charge is 0.133 e. The topological polar surface area (TPSA) is 46.0 Å². The molecule has 137 valence electrons. The molecule has 2 rings (SSSR count). The lowest BCUT2D eigenvalue weighted by molar-refractivity contribution is 0.473. The van der Waals surface area contributed by atoms with Crippen molar-refractivity contribution in [3.63, 3.8) is 0 Å². The van der Waals surface area contributed by atoms with E-state index in [-0.39, 0.29) is 5.75 Å². The molecule has 0 unspecified atom stereocenters. The molecule has 0 atom stereocenters. The maximum atomic E-state index is 9.56. The molecule has 0 aliphatic carbocycles. The van der Waals surface area contributed by atoms with Crippen LogP contribution in [0.2, 0.25) is 17.1 Å². The van der Waals surface area contributed by atoms with E-state index in [0.717, 1.165) is 27.0 Å². The van der Waals surface area contributed by atoms with E-state index in [1.165, 1.54) is 22.1 Å². The molecule has 0 amide bonds. The van der Waals surface area contributed by atoms with Crippen molar-refractivity contribution < 1.29 is 5.11 Å². The largest absolute Gasteiger partial charge is 0.506 e. The normalized spacial score (nSPS) is 11.4. The molecule has 3 radical (unpaired) electrons. The van der Waals surface area contributed by atoms with Gasteiger partial charge in [-0.25, -0.2) is 0 Å². The van der Waals surface area contributed by atoms with Crippen LogP contribution in [0.1, 0.15) is 41.5 Å². The Morgan fingerprint density at radius 3 is 2.35 bits per heavy atom. The minimum absolute atomic E-state index is 0.188. The third-order valence-corrected chi connectivity index (χ3v) is 8.83. The van der Waals surface area contributed by atoms with E-state index in [1.54, 1.807) is 6.07 Å². The van der Waals surface area contributed by atoms with Crippen molar-refractivity contribution >= 4 is 28.7 Å². The highest BCUT2D eigenvalue weighted by Gasteiger charge is 2.26. The van der Waals surface area contributed by atoms with Gasteiger partial charge in [-0.3, -0.25) is 9.97 Å². The molecule has 2 aromatic heterocycles. The Morgan fingerprint density at radius 2 is 1.81 bits per heavy atom. The zero-order chi connectivity index (χ0) is 19.3. The van der Waals surface area contributed by atoms with Crippen LogP contribution in [0.5, 0.6) is 5.75 Å². The van der Waals surface area contributed by atoms with E-state index in [2.05, 4.69) is 58.7 Å². The van der Waals surface area contributed by atoms with Gasteiger partial charge in [-0.15, -0.1) is 0 Å². The molecule has 5 heteroatoms. The minimum Gasteiger partial charge on any atom is -0.506 e. The molecule has 0 aromatic carbocycles. The summed E-state index contributed by atoms with van der Waals surface area (Å²) >= 11 is 0. The highest BCUT2D eigenvalue weighted by molar-refractivity contribution is 6.77. The highest BCUT2D eigenvalue weighted by Crippen LogP contribution is 2.24. The van der Waals surface area contributed by atoms with E-state index in [9.17, 15) is 5.11 Å². The second-order valence-electron chi connectivity index (χ2n) is 7.45. The Labute approximate surface area is 162 Å². The van der Waals surface area contributed by atoms with Crippen molar-refractivity contribution in [1.82, 2.24) is 9.97 Å². The summed E-state index contributed by atoms with van der Waals surface area (Å²) < 4.78 is 0. The first-order valence-electron chi connectivity index (χ1n) is 9.19. The van der Waals surface area contributed by atoms with Crippen LogP contribution in [0, 0.1) is 0 Å². The predicted octanol–water partition coefficient (Wildman–Crippen LogP) is 4.09. The lowest BCUT2D eigenvalue weighted by Crippen LogP contribution is -2.40. The van der Waals surface area contributed by atoms with Gasteiger partial charge in [0.1, 0.15) is 5.75 Å². The molecule has 0 saturated heterocycles. The Hall–Kier alpha value is -1.73. The van der Waals surface area contributed by atoms with E-state index in [1.807, 2.05) is 12.3 Å². The summed E-state index contributed by atoms with van der Waals surface area (Å²) in [5, 5.41) is 12.3. The van der Waals surface area contributed by atoms with Gasteiger partial charge in [0.05, 0.1) is 35.9 Å². The van der Waals surface area contributed by atoms with Crippen LogP contribution in [-0.4, -0.2) is 33.4 Å². The van der Waals surface area contributed by atoms with E-state index in [0.29, 0.717) is 11.1 Å². The summed E-state index contributed by atoms with van der Waals surface area (Å²) in [6.07, 6.45) is 5.80. The number of rotatable bonds is 7. The van der Waals surface area contributed by atoms with Gasteiger partial charge in [0, 0.05) is 6.20 Å². The second-order valence-corrected chi connectivity index (χ2v) is 12.5. The molecule has 0 fully saturated rings. The van der Waals surface area contributed by atoms with Crippen molar-refractivity contribution in [1.29, 1.82) is 0 Å². The average Bonchev–Trinajstić information content (AvgIpc) is 2.55. The zero-order valence-electron chi connectivity index (χ0n) is 16.7. The third kappa shape index (κ3) is 5.38. The van der Waals surface area contributed by atoms with Crippen molar-refractivity contribution in [2.45, 2.75) is 58.7 Å². The molecule has 0 aliphatic rings. The minimum atomic E-state index is -0.782. The van der Waals surface area contributed by atoms with Gasteiger partial charge in [-0.05, 0) is 53.5 Å². The van der Waals surface area contributed by atoms with Crippen LogP contribution in [0.25, 0.3) is 11.4 Å². The number of allylic oxidation sites excluding steroid dienone is 2. The SMILES string of the molecule is CC(C)=CC[Si]c1cnc(-c2ccc(O)cn2)c([Si](C(C)C)C(C)C)c1. The standard InChI is InChI=1S/C21H29N2OSi2/c1-14(2)9-10-25-18-11-20(26(15(3)4)16(5)6)21(23-13-18)19-8-7-17(24)12-22-19/h7-9,11-13,15-16,24H,10H2,1-6H3. The van der Waals surface area contributed by atoms with Crippen LogP contribution in [0.15, 0.2) is 42.2 Å². The summed E-state index contributed by atoms with van der Waals surface area (Å²) in [6.45, 7) is 13.6. The molecule has 2 aromatic rings. The Bertz CT molecular complexity index is 743. The monoisotopic (exact) mass is 381 g/mol. The fraction of sp³-hybridized carbons (Fsp3) is 0.429. The molecular formula is C21H29N2OSi2. The Balaban J connectivity index is 2.49. The average molecular weight is 382 g/mol. The van der Waals surface area contributed by atoms with E-state index < -0.39 is 8.80 Å². The van der Waals surface area contributed by atoms with Crippen molar-refractivity contribution in [2.75, 3.05) is 0 Å². The molecule has 1 N–H and O–H groups in total. The summed E-state index contributed by atoms with van der Waals surface area (Å²) in [5.74, 6) is 0.188. The van der Waals surface area contributed by atoms with Gasteiger partial charge in [-0.2, -0.15) is 0 Å². The van der Waals surface area contributed by atoms with Gasteiger partial charge in [-0.1, -0.05) is 45.4 Å². The number of aromatic nitrogens is 2. The molecule has 0 spiro atoms. The Morgan fingerprint density at radius 1 is 1.12 bits per heavy atom. The van der Waals surface area contributed by atoms with Gasteiger partial charge in [0.15, 0.2) is 0 Å². The quantitative estimate of drug-likeness (QED) is 0.580. The number of aromatic hydroxyl groups is 1. The first-order chi connectivity index (χ1) is 12.3. The number of hydrogen-bond acceptors (Lipinski definition) is 3. The summed E-state index contributed by atoms with van der Waals surface area (Å²) in [5.41, 5.74) is 4.44. The molecule has 0 aliphatic heterocycles. The van der Waals surface area contributed by atoms with Crippen LogP contribution in [0.3, 0.4) is 0 Å². The van der Waals surface area contributed by atoms with Gasteiger partial charge in [0.25, 0.3) is 0 Å². The molecule has 0 saturated carbocycles. The first-order valence-corrected chi connectivity index (χ1v) is 12.1. The van der Waals surface area contributed by atoms with Gasteiger partial charge < -0.3 is 5.11 Å². The van der Waals surface area contributed by atoms with Crippen LogP contribution in [-0.2, 0) is 0 Å². The lowest BCUT2D eigenvalue weighted by Gasteiger charge is -2.25. The zero-order valence-corrected chi connectivity index (χ0v) is 18.7. The van der Waals surface area contributed by atoms with Crippen molar-refractivity contribution in [2.24, 2.45) is 0 Å². The van der Waals surface area contributed by atoms with E-state index in [4.69, 9.17) is 4.98 Å². The molecule has 26 heavy (non-hydrogen) atoms. The van der Waals surface area contributed by atoms with Crippen LogP contribution in [0.4, 0.5) is 0 Å². The number of nitrogens with zero attached hydrogens (tertiary/aromatic N) is 2.